The van der Waals surface area contributed by atoms with Gasteiger partial charge in [0.05, 0.1) is 23.4 Å². The summed E-state index contributed by atoms with van der Waals surface area (Å²) >= 11 is 0. The Morgan fingerprint density at radius 1 is 0.661 bits per heavy atom. The summed E-state index contributed by atoms with van der Waals surface area (Å²) in [6, 6.07) is 10.1. The summed E-state index contributed by atoms with van der Waals surface area (Å²) in [5, 5.41) is 12.0. The fraction of sp³-hybridized carbons (Fsp3) is 0.216. The van der Waals surface area contributed by atoms with Crippen LogP contribution in [0.2, 0.25) is 0 Å². The summed E-state index contributed by atoms with van der Waals surface area (Å²) in [6.45, 7) is 0. The number of rotatable bonds is 12. The number of nitrogens with zero attached hydrogens (tertiary/aromatic N) is 6. The Kier molecular flexibility index (Phi) is 11.1. The lowest BCUT2D eigenvalue weighted by atomic mass is 10.0. The normalized spacial score (nSPS) is 12.7. The van der Waals surface area contributed by atoms with Gasteiger partial charge in [0, 0.05) is 68.9 Å². The molecule has 0 aliphatic rings. The van der Waals surface area contributed by atoms with E-state index in [9.17, 15) is 40.4 Å². The molecular weight excluding hydrogens is 759 g/mol. The second kappa shape index (κ2) is 15.8. The standard InChI is InChI=1S/C37H35F4N9O5S/c1-47(29-5-7-33-23(15-29)19-42-49(33)3)35(51)31(13-21-9-25(38)17-26(39)10-21)44-37(53)46-56(54,55)45-32(14-22-11-27(40)18-28(41)12-22)36(52)48(2)30-6-8-34-24(16-30)20-43-50(34)4/h5-12,15-20,31-32,45H,13-14H2,1-4H3,(H2,44,46,53)/t31-,32-/m0/s1. The van der Waals surface area contributed by atoms with Crippen LogP contribution in [0, 0.1) is 23.3 Å². The van der Waals surface area contributed by atoms with Crippen molar-refractivity contribution >= 4 is 61.2 Å². The molecule has 0 unspecified atom stereocenters. The average Bonchev–Trinajstić information content (AvgIpc) is 3.69. The van der Waals surface area contributed by atoms with Gasteiger partial charge in [-0.3, -0.25) is 19.0 Å². The minimum Gasteiger partial charge on any atom is -0.325 e. The number of hydrogen-bond donors (Lipinski definition) is 3. The highest BCUT2D eigenvalue weighted by molar-refractivity contribution is 7.88. The summed E-state index contributed by atoms with van der Waals surface area (Å²) in [7, 11) is 1.24. The van der Waals surface area contributed by atoms with Crippen LogP contribution in [-0.4, -0.2) is 72.0 Å². The minimum absolute atomic E-state index is 0.0289. The molecule has 6 rings (SSSR count). The van der Waals surface area contributed by atoms with Crippen LogP contribution in [0.1, 0.15) is 11.1 Å². The molecule has 2 heterocycles. The first kappa shape index (κ1) is 39.4. The van der Waals surface area contributed by atoms with E-state index in [-0.39, 0.29) is 11.1 Å². The maximum absolute atomic E-state index is 14.2. The van der Waals surface area contributed by atoms with Crippen LogP contribution in [-0.2, 0) is 46.7 Å². The van der Waals surface area contributed by atoms with Crippen molar-refractivity contribution in [1.82, 2.24) is 34.3 Å². The van der Waals surface area contributed by atoms with Crippen molar-refractivity contribution in [2.24, 2.45) is 14.1 Å². The van der Waals surface area contributed by atoms with E-state index in [1.165, 1.54) is 19.0 Å². The number of halogens is 4. The molecule has 0 spiro atoms. The highest BCUT2D eigenvalue weighted by Crippen LogP contribution is 2.24. The highest BCUT2D eigenvalue weighted by Gasteiger charge is 2.32. The van der Waals surface area contributed by atoms with Gasteiger partial charge < -0.3 is 15.1 Å². The quantitative estimate of drug-likeness (QED) is 0.158. The van der Waals surface area contributed by atoms with Crippen molar-refractivity contribution < 1.29 is 40.4 Å². The second-order valence-corrected chi connectivity index (χ2v) is 14.5. The van der Waals surface area contributed by atoms with Crippen LogP contribution in [0.25, 0.3) is 21.8 Å². The fourth-order valence-corrected chi connectivity index (χ4v) is 7.20. The highest BCUT2D eigenvalue weighted by atomic mass is 32.2. The molecule has 292 valence electrons. The van der Waals surface area contributed by atoms with Gasteiger partial charge in [-0.2, -0.15) is 23.3 Å². The first-order valence-electron chi connectivity index (χ1n) is 16.9. The molecule has 3 N–H and O–H groups in total. The van der Waals surface area contributed by atoms with E-state index in [0.29, 0.717) is 34.3 Å². The lowest BCUT2D eigenvalue weighted by Crippen LogP contribution is -2.57. The summed E-state index contributed by atoms with van der Waals surface area (Å²) in [6.07, 6.45) is 2.13. The summed E-state index contributed by atoms with van der Waals surface area (Å²) in [5.41, 5.74) is 2.10. The molecule has 4 aromatic carbocycles. The number of urea groups is 1. The number of fused-ring (bicyclic) bond motifs is 2. The zero-order valence-corrected chi connectivity index (χ0v) is 31.1. The van der Waals surface area contributed by atoms with Crippen molar-refractivity contribution in [3.8, 4) is 0 Å². The third kappa shape index (κ3) is 8.95. The molecule has 0 saturated heterocycles. The Morgan fingerprint density at radius 2 is 1.07 bits per heavy atom. The number of likely N-dealkylation sites (N-methyl/N-ethyl adjacent to an activating group) is 2. The molecule has 0 aliphatic heterocycles. The Labute approximate surface area is 317 Å². The topological polar surface area (TPSA) is 164 Å². The maximum Gasteiger partial charge on any atom is 0.330 e. The molecule has 2 atom stereocenters. The monoisotopic (exact) mass is 793 g/mol. The first-order valence-corrected chi connectivity index (χ1v) is 18.3. The lowest BCUT2D eigenvalue weighted by Gasteiger charge is -2.26. The number of hydrogen-bond acceptors (Lipinski definition) is 7. The van der Waals surface area contributed by atoms with Gasteiger partial charge in [-0.15, -0.1) is 0 Å². The third-order valence-electron chi connectivity index (χ3n) is 9.05. The van der Waals surface area contributed by atoms with Crippen LogP contribution in [0.3, 0.4) is 0 Å². The van der Waals surface area contributed by atoms with Crippen molar-refractivity contribution in [3.63, 3.8) is 0 Å². The molecule has 0 bridgehead atoms. The zero-order chi connectivity index (χ0) is 40.5. The first-order chi connectivity index (χ1) is 26.5. The predicted molar refractivity (Wildman–Crippen MR) is 200 cm³/mol. The van der Waals surface area contributed by atoms with Crippen molar-refractivity contribution in [2.45, 2.75) is 24.9 Å². The van der Waals surface area contributed by atoms with Gasteiger partial charge in [0.2, 0.25) is 11.8 Å². The molecule has 0 radical (unpaired) electrons. The Hall–Kier alpha value is -6.34. The van der Waals surface area contributed by atoms with Crippen LogP contribution >= 0.6 is 0 Å². The summed E-state index contributed by atoms with van der Waals surface area (Å²) in [4.78, 5) is 43.4. The van der Waals surface area contributed by atoms with Crippen molar-refractivity contribution in [2.75, 3.05) is 23.9 Å². The number of nitrogens with one attached hydrogen (secondary N) is 3. The van der Waals surface area contributed by atoms with Gasteiger partial charge in [-0.05, 0) is 78.2 Å². The molecule has 14 nitrogen and oxygen atoms in total. The van der Waals surface area contributed by atoms with Gasteiger partial charge in [-0.1, -0.05) is 0 Å². The van der Waals surface area contributed by atoms with Crippen molar-refractivity contribution in [3.05, 3.63) is 120 Å². The Bertz CT molecular complexity index is 2560. The van der Waals surface area contributed by atoms with E-state index in [2.05, 4.69) is 20.2 Å². The zero-order valence-electron chi connectivity index (χ0n) is 30.3. The van der Waals surface area contributed by atoms with Crippen LogP contribution in [0.5, 0.6) is 0 Å². The third-order valence-corrected chi connectivity index (χ3v) is 10.1. The van der Waals surface area contributed by atoms with Crippen LogP contribution < -0.4 is 24.6 Å². The Morgan fingerprint density at radius 3 is 1.52 bits per heavy atom. The van der Waals surface area contributed by atoms with E-state index >= 15 is 0 Å². The number of aromatic nitrogens is 4. The molecule has 0 fully saturated rings. The van der Waals surface area contributed by atoms with E-state index in [1.807, 2.05) is 0 Å². The minimum atomic E-state index is -4.98. The summed E-state index contributed by atoms with van der Waals surface area (Å²) < 4.78 is 90.6. The number of anilines is 2. The van der Waals surface area contributed by atoms with Gasteiger partial charge in [0.1, 0.15) is 35.4 Å². The fourth-order valence-electron chi connectivity index (χ4n) is 6.28. The number of benzene rings is 4. The predicted octanol–water partition coefficient (Wildman–Crippen LogP) is 4.00. The average molecular weight is 794 g/mol. The van der Waals surface area contributed by atoms with Gasteiger partial charge in [-0.25, -0.2) is 27.1 Å². The number of carbonyl (C=O) groups is 3. The maximum atomic E-state index is 14.2. The van der Waals surface area contributed by atoms with Crippen LogP contribution in [0.15, 0.2) is 85.2 Å². The van der Waals surface area contributed by atoms with Crippen molar-refractivity contribution in [1.29, 1.82) is 0 Å². The van der Waals surface area contributed by atoms with Gasteiger partial charge in [0.15, 0.2) is 0 Å². The lowest BCUT2D eigenvalue weighted by molar-refractivity contribution is -0.120. The molecule has 0 saturated carbocycles. The molecule has 2 aromatic heterocycles. The van der Waals surface area contributed by atoms with E-state index < -0.39 is 76.2 Å². The number of aryl methyl sites for hydroxylation is 2. The number of carbonyl (C=O) groups excluding carboxylic acids is 3. The van der Waals surface area contributed by atoms with E-state index in [4.69, 9.17) is 0 Å². The van der Waals surface area contributed by atoms with Gasteiger partial charge >= 0.3 is 16.2 Å². The molecular formula is C37H35F4N9O5S. The van der Waals surface area contributed by atoms with E-state index in [0.717, 1.165) is 40.2 Å². The van der Waals surface area contributed by atoms with E-state index in [1.54, 1.807) is 77.0 Å². The number of amides is 4. The second-order valence-electron chi connectivity index (χ2n) is 13.1. The SMILES string of the molecule is CN(C(=O)[C@H](Cc1cc(F)cc(F)c1)NC(=O)NS(=O)(=O)N[C@@H](Cc1cc(F)cc(F)c1)C(=O)N(C)c1ccc2c(cnn2C)c1)c1ccc2c(cnn2C)c1. The molecule has 0 aliphatic carbocycles. The molecule has 6 aromatic rings. The Balaban J connectivity index is 1.24. The molecule has 19 heteroatoms. The summed E-state index contributed by atoms with van der Waals surface area (Å²) in [5.74, 6) is -5.49. The smallest absolute Gasteiger partial charge is 0.325 e. The van der Waals surface area contributed by atoms with Gasteiger partial charge in [0.25, 0.3) is 0 Å². The largest absolute Gasteiger partial charge is 0.330 e. The molecule has 4 amide bonds. The molecule has 56 heavy (non-hydrogen) atoms. The van der Waals surface area contributed by atoms with Crippen LogP contribution in [0.4, 0.5) is 33.7 Å².